The third kappa shape index (κ3) is 3.82. The Bertz CT molecular complexity index is 1240. The minimum absolute atomic E-state index is 0.214. The zero-order valence-electron chi connectivity index (χ0n) is 15.6. The number of aryl methyl sites for hydroxylation is 1. The van der Waals surface area contributed by atoms with Crippen molar-refractivity contribution in [1.29, 1.82) is 0 Å². The smallest absolute Gasteiger partial charge is 0.304 e. The van der Waals surface area contributed by atoms with E-state index in [4.69, 9.17) is 0 Å². The number of hydrogen-bond donors (Lipinski definition) is 1. The van der Waals surface area contributed by atoms with Crippen LogP contribution in [0.15, 0.2) is 59.2 Å². The summed E-state index contributed by atoms with van der Waals surface area (Å²) in [5.41, 5.74) is -0.348. The number of halogens is 4. The molecule has 0 spiro atoms. The fraction of sp³-hybridized carbons (Fsp3) is 0.150. The van der Waals surface area contributed by atoms with Crippen LogP contribution in [-0.4, -0.2) is 25.5 Å². The number of rotatable bonds is 4. The van der Waals surface area contributed by atoms with Gasteiger partial charge in [-0.1, -0.05) is 42.5 Å². The molecule has 4 aromatic rings. The van der Waals surface area contributed by atoms with Gasteiger partial charge in [0.25, 0.3) is 5.91 Å². The number of benzene rings is 2. The lowest BCUT2D eigenvalue weighted by atomic mass is 10.0. The first-order chi connectivity index (χ1) is 14.2. The Balaban J connectivity index is 1.53. The average Bonchev–Trinajstić information content (AvgIpc) is 3.25. The van der Waals surface area contributed by atoms with Crippen LogP contribution in [0.25, 0.3) is 10.8 Å². The maximum atomic E-state index is 13.1. The van der Waals surface area contributed by atoms with Gasteiger partial charge in [0.05, 0.1) is 11.0 Å². The number of carbonyl (C=O) groups excluding carboxylic acids is 1. The molecule has 10 heteroatoms. The molecule has 30 heavy (non-hydrogen) atoms. The highest BCUT2D eigenvalue weighted by Gasteiger charge is 2.39. The van der Waals surface area contributed by atoms with E-state index in [1.165, 1.54) is 0 Å². The largest absolute Gasteiger partial charge is 0.434 e. The highest BCUT2D eigenvalue weighted by molar-refractivity contribution is 9.10. The summed E-state index contributed by atoms with van der Waals surface area (Å²) in [5.74, 6) is -0.574. The van der Waals surface area contributed by atoms with Crippen molar-refractivity contribution in [2.75, 3.05) is 5.32 Å². The second-order valence-corrected chi connectivity index (χ2v) is 7.42. The lowest BCUT2D eigenvalue weighted by Crippen LogP contribution is -2.14. The van der Waals surface area contributed by atoms with E-state index in [0.717, 1.165) is 23.4 Å². The summed E-state index contributed by atoms with van der Waals surface area (Å²) in [5, 5.41) is 12.7. The number of carbonyl (C=O) groups is 1. The van der Waals surface area contributed by atoms with E-state index in [9.17, 15) is 18.0 Å². The molecule has 4 rings (SSSR count). The van der Waals surface area contributed by atoms with Crippen molar-refractivity contribution in [3.8, 4) is 0 Å². The summed E-state index contributed by atoms with van der Waals surface area (Å²) >= 11 is 2.83. The molecule has 2 heterocycles. The average molecular weight is 478 g/mol. The van der Waals surface area contributed by atoms with Gasteiger partial charge in [-0.3, -0.25) is 14.2 Å². The fourth-order valence-electron chi connectivity index (χ4n) is 3.25. The van der Waals surface area contributed by atoms with Gasteiger partial charge in [0.1, 0.15) is 0 Å². The number of nitrogens with zero attached hydrogens (tertiary/aromatic N) is 4. The van der Waals surface area contributed by atoms with Crippen molar-refractivity contribution in [1.82, 2.24) is 19.6 Å². The topological polar surface area (TPSA) is 64.7 Å². The maximum Gasteiger partial charge on any atom is 0.434 e. The minimum Gasteiger partial charge on any atom is -0.304 e. The van der Waals surface area contributed by atoms with Crippen LogP contribution in [0.5, 0.6) is 0 Å². The highest BCUT2D eigenvalue weighted by Crippen LogP contribution is 2.36. The maximum absolute atomic E-state index is 13.1. The summed E-state index contributed by atoms with van der Waals surface area (Å²) in [6, 6.07) is 15.5. The zero-order chi connectivity index (χ0) is 21.5. The van der Waals surface area contributed by atoms with Gasteiger partial charge in [-0.25, -0.2) is 0 Å². The van der Waals surface area contributed by atoms with E-state index in [0.29, 0.717) is 11.2 Å². The van der Waals surface area contributed by atoms with Gasteiger partial charge < -0.3 is 5.32 Å². The molecule has 0 bridgehead atoms. The Labute approximate surface area is 177 Å². The fourth-order valence-corrected chi connectivity index (χ4v) is 3.99. The van der Waals surface area contributed by atoms with Crippen LogP contribution in [0.2, 0.25) is 0 Å². The normalized spacial score (nSPS) is 11.8. The number of amides is 1. The standard InChI is InChI=1S/C20H15BrF3N5O/c1-28-18(20(22,23)24)16(21)17(27-28)19(30)25-15-9-10-29(26-15)11-13-7-4-6-12-5-2-3-8-14(12)13/h2-10H,11H2,1H3,(H,25,26,30). The molecule has 0 radical (unpaired) electrons. The molecule has 0 unspecified atom stereocenters. The number of anilines is 1. The predicted octanol–water partition coefficient (Wildman–Crippen LogP) is 4.85. The second kappa shape index (κ2) is 7.60. The number of aromatic nitrogens is 4. The Kier molecular flexibility index (Phi) is 5.10. The van der Waals surface area contributed by atoms with E-state index in [1.807, 2.05) is 42.5 Å². The minimum atomic E-state index is -4.64. The molecular weight excluding hydrogens is 463 g/mol. The number of alkyl halides is 3. The summed E-state index contributed by atoms with van der Waals surface area (Å²) in [7, 11) is 1.13. The molecule has 0 aliphatic heterocycles. The summed E-state index contributed by atoms with van der Waals surface area (Å²) < 4.78 is 41.1. The highest BCUT2D eigenvalue weighted by atomic mass is 79.9. The van der Waals surface area contributed by atoms with E-state index in [-0.39, 0.29) is 11.5 Å². The van der Waals surface area contributed by atoms with Gasteiger partial charge in [-0.2, -0.15) is 23.4 Å². The van der Waals surface area contributed by atoms with E-state index < -0.39 is 22.3 Å². The molecule has 0 atom stereocenters. The van der Waals surface area contributed by atoms with Crippen molar-refractivity contribution in [2.24, 2.45) is 7.05 Å². The Morgan fingerprint density at radius 2 is 1.83 bits per heavy atom. The van der Waals surface area contributed by atoms with Crippen molar-refractivity contribution < 1.29 is 18.0 Å². The molecule has 0 aliphatic rings. The summed E-state index contributed by atoms with van der Waals surface area (Å²) in [6.07, 6.45) is -2.95. The monoisotopic (exact) mass is 477 g/mol. The van der Waals surface area contributed by atoms with Crippen molar-refractivity contribution in [2.45, 2.75) is 12.7 Å². The molecule has 0 fully saturated rings. The third-order valence-corrected chi connectivity index (χ3v) is 5.32. The SMILES string of the molecule is Cn1nc(C(=O)Nc2ccn(Cc3cccc4ccccc34)n2)c(Br)c1C(F)(F)F. The van der Waals surface area contributed by atoms with Crippen molar-refractivity contribution in [3.05, 3.63) is 76.2 Å². The number of nitrogens with one attached hydrogen (secondary N) is 1. The van der Waals surface area contributed by atoms with Gasteiger partial charge >= 0.3 is 6.18 Å². The lowest BCUT2D eigenvalue weighted by Gasteiger charge is -2.07. The van der Waals surface area contributed by atoms with Gasteiger partial charge in [0.15, 0.2) is 17.2 Å². The van der Waals surface area contributed by atoms with Gasteiger partial charge in [-0.15, -0.1) is 0 Å². The quantitative estimate of drug-likeness (QED) is 0.456. The second-order valence-electron chi connectivity index (χ2n) is 6.62. The van der Waals surface area contributed by atoms with Crippen molar-refractivity contribution >= 4 is 38.4 Å². The van der Waals surface area contributed by atoms with Gasteiger partial charge in [0, 0.05) is 19.3 Å². The van der Waals surface area contributed by atoms with Gasteiger partial charge in [-0.05, 0) is 32.3 Å². The van der Waals surface area contributed by atoms with E-state index in [1.54, 1.807) is 16.9 Å². The predicted molar refractivity (Wildman–Crippen MR) is 109 cm³/mol. The first-order valence-corrected chi connectivity index (χ1v) is 9.64. The van der Waals surface area contributed by atoms with E-state index in [2.05, 4.69) is 31.4 Å². The van der Waals surface area contributed by atoms with Crippen LogP contribution >= 0.6 is 15.9 Å². The van der Waals surface area contributed by atoms with Crippen molar-refractivity contribution in [3.63, 3.8) is 0 Å². The molecule has 6 nitrogen and oxygen atoms in total. The van der Waals surface area contributed by atoms with Crippen LogP contribution in [0.4, 0.5) is 19.0 Å². The Morgan fingerprint density at radius 3 is 2.57 bits per heavy atom. The molecule has 0 saturated carbocycles. The molecule has 1 amide bonds. The van der Waals surface area contributed by atoms with E-state index >= 15 is 0 Å². The van der Waals surface area contributed by atoms with Crippen LogP contribution in [0.3, 0.4) is 0 Å². The van der Waals surface area contributed by atoms with Crippen LogP contribution in [0, 0.1) is 0 Å². The summed E-state index contributed by atoms with van der Waals surface area (Å²) in [6.45, 7) is 0.475. The molecule has 0 aliphatic carbocycles. The molecule has 154 valence electrons. The van der Waals surface area contributed by atoms with Gasteiger partial charge in [0.2, 0.25) is 0 Å². The third-order valence-electron chi connectivity index (χ3n) is 4.57. The number of hydrogen-bond acceptors (Lipinski definition) is 3. The molecule has 0 saturated heterocycles. The van der Waals surface area contributed by atoms with Crippen LogP contribution in [0.1, 0.15) is 21.7 Å². The number of fused-ring (bicyclic) bond motifs is 1. The molecule has 2 aromatic heterocycles. The molecule has 1 N–H and O–H groups in total. The first kappa shape index (κ1) is 20.1. The zero-order valence-corrected chi connectivity index (χ0v) is 17.2. The van der Waals surface area contributed by atoms with Crippen LogP contribution in [-0.2, 0) is 19.8 Å². The molecular formula is C20H15BrF3N5O. The Hall–Kier alpha value is -3.14. The first-order valence-electron chi connectivity index (χ1n) is 8.85. The van der Waals surface area contributed by atoms with Crippen LogP contribution < -0.4 is 5.32 Å². The Morgan fingerprint density at radius 1 is 1.10 bits per heavy atom. The lowest BCUT2D eigenvalue weighted by molar-refractivity contribution is -0.144. The molecule has 2 aromatic carbocycles. The summed E-state index contributed by atoms with van der Waals surface area (Å²) in [4.78, 5) is 12.4.